The van der Waals surface area contributed by atoms with Crippen LogP contribution in [-0.2, 0) is 0 Å². The van der Waals surface area contributed by atoms with Crippen LogP contribution in [0.4, 0.5) is 0 Å². The van der Waals surface area contributed by atoms with Crippen LogP contribution in [-0.4, -0.2) is 17.6 Å². The number of hydrogen-bond acceptors (Lipinski definition) is 2. The molecule has 0 aliphatic heterocycles. The van der Waals surface area contributed by atoms with Crippen molar-refractivity contribution in [2.24, 2.45) is 0 Å². The molecule has 0 fully saturated rings. The molecule has 0 radical (unpaired) electrons. The van der Waals surface area contributed by atoms with E-state index >= 15 is 0 Å². The van der Waals surface area contributed by atoms with Crippen molar-refractivity contribution in [3.8, 4) is 0 Å². The van der Waals surface area contributed by atoms with E-state index in [9.17, 15) is 0 Å². The van der Waals surface area contributed by atoms with Crippen molar-refractivity contribution >= 4 is 0 Å². The molecule has 1 aromatic heterocycles. The minimum atomic E-state index is 0.500. The summed E-state index contributed by atoms with van der Waals surface area (Å²) in [4.78, 5) is 4.41. The van der Waals surface area contributed by atoms with E-state index in [0.29, 0.717) is 12.0 Å². The largest absolute Gasteiger partial charge is 0.314 e. The quantitative estimate of drug-likeness (QED) is 0.775. The van der Waals surface area contributed by atoms with Crippen LogP contribution in [0, 0.1) is 0 Å². The number of likely N-dealkylation sites (N-methyl/N-ethyl adjacent to an activating group) is 1. The second kappa shape index (κ2) is 5.76. The lowest BCUT2D eigenvalue weighted by Gasteiger charge is -2.22. The highest BCUT2D eigenvalue weighted by Gasteiger charge is 2.16. The van der Waals surface area contributed by atoms with Gasteiger partial charge in [-0.05, 0) is 32.0 Å². The third kappa shape index (κ3) is 2.81. The third-order valence-corrected chi connectivity index (χ3v) is 2.64. The minimum Gasteiger partial charge on any atom is -0.314 e. The number of nitrogens with one attached hydrogen (secondary N) is 1. The molecule has 0 saturated heterocycles. The molecular formula is C12H20N2. The second-order valence-corrected chi connectivity index (χ2v) is 3.62. The number of hydrogen-bond donors (Lipinski definition) is 1. The molecule has 1 heterocycles. The Morgan fingerprint density at radius 2 is 2.14 bits per heavy atom. The molecule has 2 atom stereocenters. The van der Waals surface area contributed by atoms with Gasteiger partial charge < -0.3 is 5.32 Å². The van der Waals surface area contributed by atoms with E-state index < -0.39 is 0 Å². The summed E-state index contributed by atoms with van der Waals surface area (Å²) in [6.07, 6.45) is 3.00. The summed E-state index contributed by atoms with van der Waals surface area (Å²) in [7, 11) is 0. The molecule has 0 aromatic carbocycles. The van der Waals surface area contributed by atoms with Crippen molar-refractivity contribution in [2.45, 2.75) is 39.2 Å². The van der Waals surface area contributed by atoms with Gasteiger partial charge in [0.05, 0.1) is 0 Å². The molecule has 2 nitrogen and oxygen atoms in total. The van der Waals surface area contributed by atoms with Gasteiger partial charge in [0.25, 0.3) is 0 Å². The number of pyridine rings is 1. The van der Waals surface area contributed by atoms with Crippen molar-refractivity contribution < 1.29 is 0 Å². The van der Waals surface area contributed by atoms with E-state index in [1.807, 2.05) is 12.3 Å². The second-order valence-electron chi connectivity index (χ2n) is 3.62. The molecule has 78 valence electrons. The Morgan fingerprint density at radius 3 is 2.64 bits per heavy atom. The summed E-state index contributed by atoms with van der Waals surface area (Å²) in [6.45, 7) is 7.60. The Morgan fingerprint density at radius 1 is 1.36 bits per heavy atom. The highest BCUT2D eigenvalue weighted by atomic mass is 14.9. The fourth-order valence-corrected chi connectivity index (χ4v) is 1.88. The molecule has 2 heteroatoms. The Bertz CT molecular complexity index is 246. The molecule has 0 bridgehead atoms. The fourth-order valence-electron chi connectivity index (χ4n) is 1.88. The van der Waals surface area contributed by atoms with Gasteiger partial charge in [-0.25, -0.2) is 0 Å². The predicted octanol–water partition coefficient (Wildman–Crippen LogP) is 2.57. The normalized spacial score (nSPS) is 15.1. The zero-order valence-corrected chi connectivity index (χ0v) is 9.33. The van der Waals surface area contributed by atoms with Gasteiger partial charge in [0.1, 0.15) is 0 Å². The van der Waals surface area contributed by atoms with Gasteiger partial charge in [-0.3, -0.25) is 4.98 Å². The molecule has 1 N–H and O–H groups in total. The Kier molecular flexibility index (Phi) is 4.60. The van der Waals surface area contributed by atoms with E-state index in [2.05, 4.69) is 43.2 Å². The number of aromatic nitrogens is 1. The average Bonchev–Trinajstić information content (AvgIpc) is 2.21. The van der Waals surface area contributed by atoms with Gasteiger partial charge in [0.2, 0.25) is 0 Å². The van der Waals surface area contributed by atoms with Crippen LogP contribution in [0.5, 0.6) is 0 Å². The monoisotopic (exact) mass is 192 g/mol. The summed E-state index contributed by atoms with van der Waals surface area (Å²) >= 11 is 0. The van der Waals surface area contributed by atoms with Crippen molar-refractivity contribution in [3.05, 3.63) is 30.1 Å². The standard InChI is InChI=1S/C12H20N2/c1-4-11(10(3)13-5-2)12-8-6-7-9-14-12/h6-11,13H,4-5H2,1-3H3. The molecule has 0 saturated carbocycles. The van der Waals surface area contributed by atoms with E-state index in [4.69, 9.17) is 0 Å². The Hall–Kier alpha value is -0.890. The molecule has 1 rings (SSSR count). The maximum Gasteiger partial charge on any atom is 0.0449 e. The van der Waals surface area contributed by atoms with Crippen LogP contribution in [0.25, 0.3) is 0 Å². The zero-order chi connectivity index (χ0) is 10.4. The van der Waals surface area contributed by atoms with E-state index in [1.54, 1.807) is 0 Å². The predicted molar refractivity (Wildman–Crippen MR) is 60.4 cm³/mol. The van der Waals surface area contributed by atoms with Gasteiger partial charge in [-0.15, -0.1) is 0 Å². The smallest absolute Gasteiger partial charge is 0.0449 e. The Balaban J connectivity index is 2.71. The summed E-state index contributed by atoms with van der Waals surface area (Å²) in [6, 6.07) is 6.64. The zero-order valence-electron chi connectivity index (χ0n) is 9.33. The van der Waals surface area contributed by atoms with Gasteiger partial charge in [-0.1, -0.05) is 19.9 Å². The summed E-state index contributed by atoms with van der Waals surface area (Å²) in [5, 5.41) is 3.45. The summed E-state index contributed by atoms with van der Waals surface area (Å²) in [5.41, 5.74) is 1.20. The molecule has 0 amide bonds. The van der Waals surface area contributed by atoms with Crippen molar-refractivity contribution in [1.82, 2.24) is 10.3 Å². The molecule has 1 aromatic rings. The van der Waals surface area contributed by atoms with Gasteiger partial charge in [0, 0.05) is 23.9 Å². The molecule has 0 aliphatic rings. The van der Waals surface area contributed by atoms with Crippen molar-refractivity contribution in [2.75, 3.05) is 6.54 Å². The van der Waals surface area contributed by atoms with Gasteiger partial charge in [0.15, 0.2) is 0 Å². The maximum atomic E-state index is 4.41. The SMILES string of the molecule is CCNC(C)C(CC)c1ccccn1. The third-order valence-electron chi connectivity index (χ3n) is 2.64. The maximum absolute atomic E-state index is 4.41. The van der Waals surface area contributed by atoms with Crippen LogP contribution < -0.4 is 5.32 Å². The van der Waals surface area contributed by atoms with E-state index in [1.165, 1.54) is 5.69 Å². The van der Waals surface area contributed by atoms with E-state index in [-0.39, 0.29) is 0 Å². The summed E-state index contributed by atoms with van der Waals surface area (Å²) in [5.74, 6) is 0.524. The van der Waals surface area contributed by atoms with Crippen molar-refractivity contribution in [3.63, 3.8) is 0 Å². The fraction of sp³-hybridized carbons (Fsp3) is 0.583. The van der Waals surface area contributed by atoms with Crippen LogP contribution >= 0.6 is 0 Å². The minimum absolute atomic E-state index is 0.500. The highest BCUT2D eigenvalue weighted by molar-refractivity contribution is 5.11. The van der Waals surface area contributed by atoms with E-state index in [0.717, 1.165) is 13.0 Å². The topological polar surface area (TPSA) is 24.9 Å². The highest BCUT2D eigenvalue weighted by Crippen LogP contribution is 2.20. The van der Waals surface area contributed by atoms with Crippen LogP contribution in [0.2, 0.25) is 0 Å². The lowest BCUT2D eigenvalue weighted by Crippen LogP contribution is -2.32. The van der Waals surface area contributed by atoms with Crippen molar-refractivity contribution in [1.29, 1.82) is 0 Å². The average molecular weight is 192 g/mol. The lowest BCUT2D eigenvalue weighted by atomic mass is 9.94. The first-order valence-electron chi connectivity index (χ1n) is 5.43. The van der Waals surface area contributed by atoms with Gasteiger partial charge in [-0.2, -0.15) is 0 Å². The van der Waals surface area contributed by atoms with Crippen LogP contribution in [0.1, 0.15) is 38.8 Å². The number of rotatable bonds is 5. The molecule has 0 spiro atoms. The first-order valence-corrected chi connectivity index (χ1v) is 5.43. The van der Waals surface area contributed by atoms with Gasteiger partial charge >= 0.3 is 0 Å². The lowest BCUT2D eigenvalue weighted by molar-refractivity contribution is 0.453. The Labute approximate surface area is 86.8 Å². The molecule has 0 aliphatic carbocycles. The molecule has 2 unspecified atom stereocenters. The number of nitrogens with zero attached hydrogens (tertiary/aromatic N) is 1. The molecular weight excluding hydrogens is 172 g/mol. The summed E-state index contributed by atoms with van der Waals surface area (Å²) < 4.78 is 0. The van der Waals surface area contributed by atoms with Crippen LogP contribution in [0.15, 0.2) is 24.4 Å². The van der Waals surface area contributed by atoms with Crippen LogP contribution in [0.3, 0.4) is 0 Å². The molecule has 14 heavy (non-hydrogen) atoms. The first kappa shape index (κ1) is 11.2. The first-order chi connectivity index (χ1) is 6.79.